The van der Waals surface area contributed by atoms with Crippen LogP contribution in [0.15, 0.2) is 30.6 Å². The molecule has 0 spiro atoms. The Morgan fingerprint density at radius 3 is 2.52 bits per heavy atom. The van der Waals surface area contributed by atoms with Crippen LogP contribution in [0.1, 0.15) is 44.1 Å². The first-order valence-electron chi connectivity index (χ1n) is 7.26. The van der Waals surface area contributed by atoms with E-state index >= 15 is 0 Å². The van der Waals surface area contributed by atoms with Gasteiger partial charge >= 0.3 is 5.97 Å². The molecular formula is C16H20N2O3. The molecule has 1 aliphatic carbocycles. The molecule has 5 nitrogen and oxygen atoms in total. The van der Waals surface area contributed by atoms with E-state index in [1.54, 1.807) is 24.5 Å². The zero-order valence-corrected chi connectivity index (χ0v) is 11.9. The molecule has 0 bridgehead atoms. The van der Waals surface area contributed by atoms with Gasteiger partial charge < -0.3 is 10.4 Å². The fraction of sp³-hybridized carbons (Fsp3) is 0.438. The number of aliphatic carboxylic acids is 1. The van der Waals surface area contributed by atoms with Gasteiger partial charge in [0.05, 0.1) is 0 Å². The summed E-state index contributed by atoms with van der Waals surface area (Å²) in [6, 6.07) is 3.61. The minimum absolute atomic E-state index is 0.372. The lowest BCUT2D eigenvalue weighted by Gasteiger charge is -2.28. The molecule has 1 fully saturated rings. The van der Waals surface area contributed by atoms with Gasteiger partial charge in [0.2, 0.25) is 5.91 Å². The number of nitrogens with one attached hydrogen (secondary N) is 1. The highest BCUT2D eigenvalue weighted by atomic mass is 16.4. The van der Waals surface area contributed by atoms with Crippen molar-refractivity contribution in [3.05, 3.63) is 36.2 Å². The lowest BCUT2D eigenvalue weighted by Crippen LogP contribution is -2.53. The molecule has 0 aromatic carbocycles. The van der Waals surface area contributed by atoms with Gasteiger partial charge in [0.15, 0.2) is 0 Å². The summed E-state index contributed by atoms with van der Waals surface area (Å²) in [7, 11) is 0. The Hall–Kier alpha value is -2.17. The molecule has 21 heavy (non-hydrogen) atoms. The zero-order chi connectivity index (χ0) is 15.1. The molecule has 0 aliphatic heterocycles. The lowest BCUT2D eigenvalue weighted by molar-refractivity contribution is -0.147. The highest BCUT2D eigenvalue weighted by Crippen LogP contribution is 2.27. The molecular weight excluding hydrogens is 268 g/mol. The first kappa shape index (κ1) is 15.2. The molecule has 2 N–H and O–H groups in total. The van der Waals surface area contributed by atoms with Gasteiger partial charge in [-0.25, -0.2) is 4.79 Å². The Bertz CT molecular complexity index is 518. The van der Waals surface area contributed by atoms with Gasteiger partial charge in [-0.15, -0.1) is 0 Å². The maximum absolute atomic E-state index is 12.0. The van der Waals surface area contributed by atoms with Crippen LogP contribution in [-0.4, -0.2) is 27.5 Å². The van der Waals surface area contributed by atoms with Crippen molar-refractivity contribution in [3.63, 3.8) is 0 Å². The van der Waals surface area contributed by atoms with Crippen LogP contribution in [0.3, 0.4) is 0 Å². The molecule has 1 saturated carbocycles. The van der Waals surface area contributed by atoms with E-state index in [4.69, 9.17) is 0 Å². The summed E-state index contributed by atoms with van der Waals surface area (Å²) in [6.07, 6.45) is 11.0. The Morgan fingerprint density at radius 2 is 1.95 bits per heavy atom. The van der Waals surface area contributed by atoms with Crippen molar-refractivity contribution >= 4 is 18.0 Å². The number of rotatable bonds is 4. The van der Waals surface area contributed by atoms with Crippen molar-refractivity contribution in [2.75, 3.05) is 0 Å². The van der Waals surface area contributed by atoms with Crippen molar-refractivity contribution in [2.24, 2.45) is 0 Å². The first-order chi connectivity index (χ1) is 10.1. The molecule has 1 heterocycles. The fourth-order valence-electron chi connectivity index (χ4n) is 2.65. The average molecular weight is 288 g/mol. The average Bonchev–Trinajstić information content (AvgIpc) is 2.73. The second kappa shape index (κ2) is 7.02. The van der Waals surface area contributed by atoms with E-state index in [0.717, 1.165) is 31.2 Å². The molecule has 1 amide bonds. The predicted molar refractivity (Wildman–Crippen MR) is 79.5 cm³/mol. The van der Waals surface area contributed by atoms with Gasteiger partial charge in [0.1, 0.15) is 5.54 Å². The number of carbonyl (C=O) groups excluding carboxylic acids is 1. The molecule has 2 rings (SSSR count). The van der Waals surface area contributed by atoms with Gasteiger partial charge in [-0.1, -0.05) is 31.7 Å². The number of carboxylic acid groups (broad SMARTS) is 1. The molecule has 0 saturated heterocycles. The lowest BCUT2D eigenvalue weighted by atomic mass is 9.90. The molecule has 1 aliphatic rings. The summed E-state index contributed by atoms with van der Waals surface area (Å²) in [5.74, 6) is -1.31. The SMILES string of the molecule is O=C(/C=C/c1cccnc1)NC1(C(=O)O)CCCCCC1. The van der Waals surface area contributed by atoms with Gasteiger partial charge in [-0.3, -0.25) is 9.78 Å². The Kier molecular flexibility index (Phi) is 5.09. The minimum Gasteiger partial charge on any atom is -0.480 e. The van der Waals surface area contributed by atoms with Crippen LogP contribution >= 0.6 is 0 Å². The van der Waals surface area contributed by atoms with Crippen LogP contribution in [-0.2, 0) is 9.59 Å². The monoisotopic (exact) mass is 288 g/mol. The van der Waals surface area contributed by atoms with E-state index in [1.807, 2.05) is 6.07 Å². The van der Waals surface area contributed by atoms with Crippen LogP contribution < -0.4 is 5.32 Å². The Labute approximate surface area is 124 Å². The number of hydrogen-bond donors (Lipinski definition) is 2. The maximum atomic E-state index is 12.0. The standard InChI is InChI=1S/C16H20N2O3/c19-14(8-7-13-6-5-11-17-12-13)18-16(15(20)21)9-3-1-2-4-10-16/h5-8,11-12H,1-4,9-10H2,(H,18,19)(H,20,21)/b8-7+. The number of amides is 1. The van der Waals surface area contributed by atoms with Gasteiger partial charge in [0, 0.05) is 18.5 Å². The van der Waals surface area contributed by atoms with Crippen molar-refractivity contribution in [1.82, 2.24) is 10.3 Å². The van der Waals surface area contributed by atoms with Crippen LogP contribution in [0.2, 0.25) is 0 Å². The summed E-state index contributed by atoms with van der Waals surface area (Å²) in [4.78, 5) is 27.6. The van der Waals surface area contributed by atoms with Crippen molar-refractivity contribution in [2.45, 2.75) is 44.1 Å². The Morgan fingerprint density at radius 1 is 1.24 bits per heavy atom. The second-order valence-corrected chi connectivity index (χ2v) is 5.41. The smallest absolute Gasteiger partial charge is 0.329 e. The summed E-state index contributed by atoms with van der Waals surface area (Å²) in [5, 5.41) is 12.2. The van der Waals surface area contributed by atoms with E-state index in [2.05, 4.69) is 10.3 Å². The third-order valence-corrected chi connectivity index (χ3v) is 3.84. The van der Waals surface area contributed by atoms with Crippen molar-refractivity contribution in [3.8, 4) is 0 Å². The Balaban J connectivity index is 2.04. The molecule has 0 unspecified atom stereocenters. The van der Waals surface area contributed by atoms with Crippen molar-refractivity contribution < 1.29 is 14.7 Å². The number of aromatic nitrogens is 1. The van der Waals surface area contributed by atoms with Gasteiger partial charge in [-0.05, 0) is 30.5 Å². The van der Waals surface area contributed by atoms with Crippen molar-refractivity contribution in [1.29, 1.82) is 0 Å². The quantitative estimate of drug-likeness (QED) is 0.658. The third kappa shape index (κ3) is 4.15. The summed E-state index contributed by atoms with van der Waals surface area (Å²) >= 11 is 0. The highest BCUT2D eigenvalue weighted by molar-refractivity contribution is 5.95. The fourth-order valence-corrected chi connectivity index (χ4v) is 2.65. The van der Waals surface area contributed by atoms with E-state index < -0.39 is 11.5 Å². The largest absolute Gasteiger partial charge is 0.480 e. The van der Waals surface area contributed by atoms with Gasteiger partial charge in [0.25, 0.3) is 0 Å². The molecule has 112 valence electrons. The second-order valence-electron chi connectivity index (χ2n) is 5.41. The van der Waals surface area contributed by atoms with Crippen LogP contribution in [0.25, 0.3) is 6.08 Å². The molecule has 5 heteroatoms. The minimum atomic E-state index is -1.12. The van der Waals surface area contributed by atoms with E-state index in [-0.39, 0.29) is 5.91 Å². The van der Waals surface area contributed by atoms with Crippen LogP contribution in [0, 0.1) is 0 Å². The number of carbonyl (C=O) groups is 2. The van der Waals surface area contributed by atoms with E-state index in [1.165, 1.54) is 6.08 Å². The molecule has 1 aromatic rings. The van der Waals surface area contributed by atoms with Crippen LogP contribution in [0.4, 0.5) is 0 Å². The van der Waals surface area contributed by atoms with Gasteiger partial charge in [-0.2, -0.15) is 0 Å². The maximum Gasteiger partial charge on any atom is 0.329 e. The highest BCUT2D eigenvalue weighted by Gasteiger charge is 2.39. The molecule has 1 aromatic heterocycles. The molecule has 0 radical (unpaired) electrons. The summed E-state index contributed by atoms with van der Waals surface area (Å²) in [5.41, 5.74) is -0.315. The third-order valence-electron chi connectivity index (χ3n) is 3.84. The number of carboxylic acids is 1. The normalized spacial score (nSPS) is 18.1. The first-order valence-corrected chi connectivity index (χ1v) is 7.26. The number of nitrogens with zero attached hydrogens (tertiary/aromatic N) is 1. The van der Waals surface area contributed by atoms with E-state index in [0.29, 0.717) is 12.8 Å². The topological polar surface area (TPSA) is 79.3 Å². The molecule has 0 atom stereocenters. The number of hydrogen-bond acceptors (Lipinski definition) is 3. The van der Waals surface area contributed by atoms with Crippen LogP contribution in [0.5, 0.6) is 0 Å². The summed E-state index contributed by atoms with van der Waals surface area (Å²) < 4.78 is 0. The predicted octanol–water partition coefficient (Wildman–Crippen LogP) is 2.39. The zero-order valence-electron chi connectivity index (χ0n) is 11.9. The summed E-state index contributed by atoms with van der Waals surface area (Å²) in [6.45, 7) is 0. The number of pyridine rings is 1. The van der Waals surface area contributed by atoms with E-state index in [9.17, 15) is 14.7 Å².